The normalized spacial score (nSPS) is 17.4. The smallest absolute Gasteiger partial charge is 0.387 e. The van der Waals surface area contributed by atoms with Gasteiger partial charge >= 0.3 is 6.61 Å². The fourth-order valence-corrected chi connectivity index (χ4v) is 6.50. The van der Waals surface area contributed by atoms with E-state index in [1.165, 1.54) is 46.0 Å². The monoisotopic (exact) mass is 669 g/mol. The molecule has 3 aromatic heterocycles. The van der Waals surface area contributed by atoms with E-state index in [-0.39, 0.29) is 63.7 Å². The van der Waals surface area contributed by atoms with Crippen molar-refractivity contribution in [3.63, 3.8) is 0 Å². The summed E-state index contributed by atoms with van der Waals surface area (Å²) in [5.74, 6) is -0.860. The highest BCUT2D eigenvalue weighted by molar-refractivity contribution is 6.31. The Kier molecular flexibility index (Phi) is 9.36. The number of alkyl halides is 2. The molecule has 1 atom stereocenters. The number of likely N-dealkylation sites (N-methyl/N-ethyl adjacent to an activating group) is 1. The van der Waals surface area contributed by atoms with Crippen molar-refractivity contribution < 1.29 is 27.9 Å². The minimum Gasteiger partial charge on any atom is -0.434 e. The Morgan fingerprint density at radius 3 is 2.68 bits per heavy atom. The Hall–Kier alpha value is -4.63. The van der Waals surface area contributed by atoms with Crippen molar-refractivity contribution in [3.05, 3.63) is 59.6 Å². The molecule has 0 saturated carbocycles. The minimum atomic E-state index is -3.12. The number of fused-ring (bicyclic) bond motifs is 1. The summed E-state index contributed by atoms with van der Waals surface area (Å²) in [5.41, 5.74) is 0.812. The predicted octanol–water partition coefficient (Wildman–Crippen LogP) is 3.64. The molecule has 1 aromatic carbocycles. The van der Waals surface area contributed by atoms with E-state index in [2.05, 4.69) is 25.4 Å². The summed E-state index contributed by atoms with van der Waals surface area (Å²) in [4.78, 5) is 49.5. The van der Waals surface area contributed by atoms with Crippen LogP contribution in [0.5, 0.6) is 5.75 Å². The first-order valence-electron chi connectivity index (χ1n) is 15.3. The number of aromatic nitrogens is 5. The van der Waals surface area contributed by atoms with Gasteiger partial charge in [0.05, 0.1) is 17.9 Å². The highest BCUT2D eigenvalue weighted by Crippen LogP contribution is 2.37. The van der Waals surface area contributed by atoms with Gasteiger partial charge in [0.2, 0.25) is 11.8 Å². The summed E-state index contributed by atoms with van der Waals surface area (Å²) >= 11 is 6.23. The van der Waals surface area contributed by atoms with Crippen molar-refractivity contribution >= 4 is 40.7 Å². The summed E-state index contributed by atoms with van der Waals surface area (Å²) < 4.78 is 34.2. The number of nitrogens with one attached hydrogen (secondary N) is 1. The second kappa shape index (κ2) is 13.6. The van der Waals surface area contributed by atoms with E-state index < -0.39 is 12.5 Å². The number of amides is 3. The molecule has 0 spiro atoms. The molecule has 16 heteroatoms. The van der Waals surface area contributed by atoms with Gasteiger partial charge in [-0.05, 0) is 56.5 Å². The van der Waals surface area contributed by atoms with Crippen LogP contribution in [-0.4, -0.2) is 109 Å². The van der Waals surface area contributed by atoms with Gasteiger partial charge in [-0.1, -0.05) is 11.6 Å². The van der Waals surface area contributed by atoms with E-state index in [9.17, 15) is 23.2 Å². The number of benzene rings is 1. The molecule has 248 valence electrons. The maximum absolute atomic E-state index is 13.5. The standard InChI is InChI=1S/C31H34ClF2N9O4/c1-39(2)30(46)24-5-3-11-42(24)20-8-13-40(14-9-20)26(44)18-41-17-23(37-29(45)22-16-36-43-12-4-10-35-28(22)43)27(38-41)21-15-19(32)6-7-25(21)47-31(33)34/h4,6-7,10,12,15-17,20,24,31H,3,5,8-9,11,13-14,18H2,1-2H3,(H,37,45). The first-order chi connectivity index (χ1) is 22.6. The molecule has 2 aliphatic rings. The zero-order valence-corrected chi connectivity index (χ0v) is 26.6. The lowest BCUT2D eigenvalue weighted by Crippen LogP contribution is -2.52. The molecule has 2 fully saturated rings. The topological polar surface area (TPSA) is 130 Å². The van der Waals surface area contributed by atoms with E-state index in [0.29, 0.717) is 18.7 Å². The molecule has 47 heavy (non-hydrogen) atoms. The van der Waals surface area contributed by atoms with Crippen molar-refractivity contribution in [3.8, 4) is 17.0 Å². The van der Waals surface area contributed by atoms with Crippen molar-refractivity contribution in [2.45, 2.75) is 50.9 Å². The first kappa shape index (κ1) is 32.3. The SMILES string of the molecule is CN(C)C(=O)C1CCCN1C1CCN(C(=O)Cn2cc(NC(=O)c3cnn4cccnc34)c(-c3cc(Cl)ccc3OC(F)F)n2)CC1. The molecule has 3 amide bonds. The molecule has 4 aromatic rings. The molecule has 0 aliphatic carbocycles. The second-order valence-corrected chi connectivity index (χ2v) is 12.2. The van der Waals surface area contributed by atoms with Crippen LogP contribution in [0.25, 0.3) is 16.9 Å². The van der Waals surface area contributed by atoms with Crippen molar-refractivity contribution in [1.82, 2.24) is 39.1 Å². The summed E-state index contributed by atoms with van der Waals surface area (Å²) in [7, 11) is 3.54. The van der Waals surface area contributed by atoms with Crippen LogP contribution in [0.15, 0.2) is 49.1 Å². The van der Waals surface area contributed by atoms with Gasteiger partial charge in [0, 0.05) is 62.4 Å². The number of carbonyl (C=O) groups is 3. The van der Waals surface area contributed by atoms with Gasteiger partial charge < -0.3 is 19.9 Å². The molecule has 1 N–H and O–H groups in total. The third kappa shape index (κ3) is 6.90. The van der Waals surface area contributed by atoms with E-state index in [4.69, 9.17) is 16.3 Å². The van der Waals surface area contributed by atoms with Crippen LogP contribution in [0, 0.1) is 0 Å². The Morgan fingerprint density at radius 1 is 1.15 bits per heavy atom. The van der Waals surface area contributed by atoms with Crippen LogP contribution in [0.4, 0.5) is 14.5 Å². The summed E-state index contributed by atoms with van der Waals surface area (Å²) in [6, 6.07) is 5.83. The molecule has 0 bridgehead atoms. The number of anilines is 1. The third-order valence-electron chi connectivity index (χ3n) is 8.55. The highest BCUT2D eigenvalue weighted by atomic mass is 35.5. The fraction of sp³-hybridized carbons (Fsp3) is 0.419. The van der Waals surface area contributed by atoms with Crippen molar-refractivity contribution in [1.29, 1.82) is 0 Å². The number of hydrogen-bond donors (Lipinski definition) is 1. The summed E-state index contributed by atoms with van der Waals surface area (Å²) in [6.07, 6.45) is 9.27. The number of hydrogen-bond acceptors (Lipinski definition) is 8. The number of rotatable bonds is 9. The summed E-state index contributed by atoms with van der Waals surface area (Å²) in [5, 5.41) is 11.7. The molecule has 0 radical (unpaired) electrons. The highest BCUT2D eigenvalue weighted by Gasteiger charge is 2.38. The van der Waals surface area contributed by atoms with Crippen molar-refractivity contribution in [2.75, 3.05) is 39.0 Å². The van der Waals surface area contributed by atoms with Gasteiger partial charge in [-0.2, -0.15) is 19.0 Å². The maximum Gasteiger partial charge on any atom is 0.387 e. The quantitative estimate of drug-likeness (QED) is 0.286. The van der Waals surface area contributed by atoms with Crippen LogP contribution < -0.4 is 10.1 Å². The average molecular weight is 670 g/mol. The molecule has 2 aliphatic heterocycles. The van der Waals surface area contributed by atoms with E-state index in [1.807, 2.05) is 0 Å². The molecule has 6 rings (SSSR count). The number of likely N-dealkylation sites (tertiary alicyclic amines) is 2. The van der Waals surface area contributed by atoms with Gasteiger partial charge in [-0.25, -0.2) is 9.50 Å². The van der Waals surface area contributed by atoms with Crippen LogP contribution >= 0.6 is 11.6 Å². The number of ether oxygens (including phenoxy) is 1. The number of piperidine rings is 1. The minimum absolute atomic E-state index is 0.0816. The van der Waals surface area contributed by atoms with Gasteiger partial charge in [0.25, 0.3) is 5.91 Å². The molecule has 1 unspecified atom stereocenters. The lowest BCUT2D eigenvalue weighted by Gasteiger charge is -2.39. The average Bonchev–Trinajstić information content (AvgIpc) is 3.80. The van der Waals surface area contributed by atoms with Crippen LogP contribution in [0.3, 0.4) is 0 Å². The van der Waals surface area contributed by atoms with Gasteiger partial charge in [0.1, 0.15) is 23.6 Å². The second-order valence-electron chi connectivity index (χ2n) is 11.7. The molecule has 5 heterocycles. The van der Waals surface area contributed by atoms with Crippen LogP contribution in [-0.2, 0) is 16.1 Å². The largest absolute Gasteiger partial charge is 0.434 e. The zero-order chi connectivity index (χ0) is 33.2. The Bertz CT molecular complexity index is 1790. The Labute approximate surface area is 274 Å². The summed E-state index contributed by atoms with van der Waals surface area (Å²) in [6.45, 7) is -1.39. The fourth-order valence-electron chi connectivity index (χ4n) is 6.33. The van der Waals surface area contributed by atoms with Gasteiger partial charge in [-0.3, -0.25) is 24.0 Å². The van der Waals surface area contributed by atoms with Crippen molar-refractivity contribution in [2.24, 2.45) is 0 Å². The van der Waals surface area contributed by atoms with Gasteiger partial charge in [0.15, 0.2) is 5.65 Å². The zero-order valence-electron chi connectivity index (χ0n) is 25.9. The van der Waals surface area contributed by atoms with E-state index in [1.54, 1.807) is 36.2 Å². The first-order valence-corrected chi connectivity index (χ1v) is 15.6. The lowest BCUT2D eigenvalue weighted by atomic mass is 10.0. The van der Waals surface area contributed by atoms with Gasteiger partial charge in [-0.15, -0.1) is 0 Å². The molecule has 13 nitrogen and oxygen atoms in total. The Balaban J connectivity index is 1.22. The Morgan fingerprint density at radius 2 is 1.94 bits per heavy atom. The molecule has 2 saturated heterocycles. The number of carbonyl (C=O) groups excluding carboxylic acids is 3. The predicted molar refractivity (Wildman–Crippen MR) is 168 cm³/mol. The van der Waals surface area contributed by atoms with Crippen LogP contribution in [0.2, 0.25) is 5.02 Å². The molecular formula is C31H34ClF2N9O4. The third-order valence-corrected chi connectivity index (χ3v) is 8.79. The van der Waals surface area contributed by atoms with E-state index in [0.717, 1.165) is 32.2 Å². The lowest BCUT2D eigenvalue weighted by molar-refractivity contribution is -0.137. The van der Waals surface area contributed by atoms with E-state index >= 15 is 0 Å². The number of halogens is 3. The molecular weight excluding hydrogens is 636 g/mol. The number of nitrogens with zero attached hydrogens (tertiary/aromatic N) is 8. The maximum atomic E-state index is 13.5. The van der Waals surface area contributed by atoms with Crippen LogP contribution in [0.1, 0.15) is 36.0 Å².